The van der Waals surface area contributed by atoms with E-state index in [2.05, 4.69) is 25.8 Å². The van der Waals surface area contributed by atoms with Gasteiger partial charge in [-0.2, -0.15) is 0 Å². The van der Waals surface area contributed by atoms with E-state index in [1.54, 1.807) is 11.8 Å². The second-order valence-electron chi connectivity index (χ2n) is 10.3. The molecule has 4 rings (SSSR count). The van der Waals surface area contributed by atoms with E-state index in [-0.39, 0.29) is 29.7 Å². The number of carbonyl (C=O) groups excluding carboxylic acids is 2. The van der Waals surface area contributed by atoms with Crippen LogP contribution in [-0.2, 0) is 24.3 Å². The third kappa shape index (κ3) is 8.25. The second-order valence-corrected chi connectivity index (χ2v) is 10.3. The summed E-state index contributed by atoms with van der Waals surface area (Å²) < 4.78 is 26.9. The number of hydrogen-bond donors (Lipinski definition) is 2. The average Bonchev–Trinajstić information content (AvgIpc) is 3.39. The first-order valence-corrected chi connectivity index (χ1v) is 13.6. The fraction of sp³-hybridized carbons (Fsp3) is 0.448. The van der Waals surface area contributed by atoms with E-state index in [1.165, 1.54) is 12.1 Å². The number of amides is 2. The molecule has 0 saturated heterocycles. The maximum absolute atomic E-state index is 14.1. The van der Waals surface area contributed by atoms with Crippen molar-refractivity contribution >= 4 is 11.8 Å². The van der Waals surface area contributed by atoms with Crippen LogP contribution >= 0.6 is 0 Å². The number of nitrogens with one attached hydrogen (secondary N) is 2. The highest BCUT2D eigenvalue weighted by Gasteiger charge is 2.25. The first kappa shape index (κ1) is 29.0. The zero-order valence-corrected chi connectivity index (χ0v) is 23.2. The fourth-order valence-corrected chi connectivity index (χ4v) is 4.55. The number of benzene rings is 2. The Morgan fingerprint density at radius 3 is 2.67 bits per heavy atom. The smallest absolute Gasteiger partial charge is 0.255 e. The summed E-state index contributed by atoms with van der Waals surface area (Å²) in [4.78, 5) is 28.6. The SMILES string of the molecule is COc1ccc(CN2CCNC(=O)[C@@H](CC(C)C)NC(=O)c3cc(F)ccc3OCCn3cc(nn3)CC2)cc1. The van der Waals surface area contributed by atoms with Crippen LogP contribution in [0.2, 0.25) is 0 Å². The third-order valence-corrected chi connectivity index (χ3v) is 6.66. The Bertz CT molecular complexity index is 1280. The summed E-state index contributed by atoms with van der Waals surface area (Å²) in [6.07, 6.45) is 2.98. The molecular weight excluding hydrogens is 515 g/mol. The molecule has 3 aromatic rings. The topological polar surface area (TPSA) is 111 Å². The Hall–Kier alpha value is -3.99. The molecule has 0 fully saturated rings. The molecule has 0 radical (unpaired) electrons. The Morgan fingerprint density at radius 2 is 1.93 bits per heavy atom. The summed E-state index contributed by atoms with van der Waals surface area (Å²) >= 11 is 0. The quantitative estimate of drug-likeness (QED) is 0.501. The van der Waals surface area contributed by atoms with E-state index in [0.29, 0.717) is 45.6 Å². The van der Waals surface area contributed by atoms with Gasteiger partial charge in [-0.05, 0) is 48.2 Å². The minimum atomic E-state index is -0.776. The number of rotatable bonds is 5. The molecule has 0 unspecified atom stereocenters. The summed E-state index contributed by atoms with van der Waals surface area (Å²) in [6.45, 7) is 6.93. The van der Waals surface area contributed by atoms with Gasteiger partial charge in [0.2, 0.25) is 5.91 Å². The lowest BCUT2D eigenvalue weighted by molar-refractivity contribution is -0.123. The normalized spacial score (nSPS) is 17.7. The highest BCUT2D eigenvalue weighted by atomic mass is 19.1. The Labute approximate surface area is 233 Å². The fourth-order valence-electron chi connectivity index (χ4n) is 4.55. The summed E-state index contributed by atoms with van der Waals surface area (Å²) in [6, 6.07) is 10.9. The summed E-state index contributed by atoms with van der Waals surface area (Å²) in [5.74, 6) is -0.246. The lowest BCUT2D eigenvalue weighted by Gasteiger charge is -2.24. The highest BCUT2D eigenvalue weighted by molar-refractivity contribution is 5.99. The molecule has 0 saturated carbocycles. The van der Waals surface area contributed by atoms with Crippen molar-refractivity contribution in [2.24, 2.45) is 5.92 Å². The van der Waals surface area contributed by atoms with E-state index in [0.717, 1.165) is 23.1 Å². The zero-order valence-electron chi connectivity index (χ0n) is 23.2. The first-order valence-electron chi connectivity index (χ1n) is 13.6. The van der Waals surface area contributed by atoms with Crippen molar-refractivity contribution in [1.82, 2.24) is 30.5 Å². The van der Waals surface area contributed by atoms with Crippen LogP contribution in [0.3, 0.4) is 0 Å². The molecule has 0 aliphatic carbocycles. The van der Waals surface area contributed by atoms with Gasteiger partial charge in [0, 0.05) is 38.8 Å². The Morgan fingerprint density at radius 1 is 1.12 bits per heavy atom. The molecule has 214 valence electrons. The van der Waals surface area contributed by atoms with Crippen LogP contribution in [0.25, 0.3) is 0 Å². The lowest BCUT2D eigenvalue weighted by atomic mass is 10.0. The van der Waals surface area contributed by atoms with E-state index in [9.17, 15) is 14.0 Å². The molecule has 10 nitrogen and oxygen atoms in total. The van der Waals surface area contributed by atoms with Crippen LogP contribution in [0.15, 0.2) is 48.7 Å². The van der Waals surface area contributed by atoms with Crippen molar-refractivity contribution in [1.29, 1.82) is 0 Å². The molecular formula is C29H37FN6O4. The zero-order chi connectivity index (χ0) is 28.5. The van der Waals surface area contributed by atoms with Gasteiger partial charge in [0.1, 0.15) is 30.0 Å². The van der Waals surface area contributed by atoms with E-state index in [1.807, 2.05) is 44.3 Å². The van der Waals surface area contributed by atoms with Gasteiger partial charge >= 0.3 is 0 Å². The number of aromatic nitrogens is 3. The van der Waals surface area contributed by atoms with Gasteiger partial charge in [-0.15, -0.1) is 5.10 Å². The van der Waals surface area contributed by atoms with Gasteiger partial charge in [-0.25, -0.2) is 9.07 Å². The third-order valence-electron chi connectivity index (χ3n) is 6.66. The lowest BCUT2D eigenvalue weighted by Crippen LogP contribution is -2.49. The van der Waals surface area contributed by atoms with Crippen LogP contribution in [0.5, 0.6) is 11.5 Å². The van der Waals surface area contributed by atoms with Crippen LogP contribution in [0.1, 0.15) is 41.9 Å². The van der Waals surface area contributed by atoms with Crippen LogP contribution in [-0.4, -0.2) is 71.1 Å². The average molecular weight is 553 g/mol. The summed E-state index contributed by atoms with van der Waals surface area (Å²) in [5.41, 5.74) is 1.99. The molecule has 1 aliphatic heterocycles. The Kier molecular flexibility index (Phi) is 10.1. The molecule has 1 aromatic heterocycles. The second kappa shape index (κ2) is 13.9. The number of fused-ring (bicyclic) bond motifs is 3. The number of halogens is 1. The minimum Gasteiger partial charge on any atom is -0.497 e. The van der Waals surface area contributed by atoms with Gasteiger partial charge in [-0.1, -0.05) is 31.2 Å². The van der Waals surface area contributed by atoms with Gasteiger partial charge in [0.15, 0.2) is 0 Å². The van der Waals surface area contributed by atoms with Crippen molar-refractivity contribution in [2.45, 2.75) is 45.8 Å². The first-order chi connectivity index (χ1) is 19.3. The van der Waals surface area contributed by atoms with E-state index < -0.39 is 17.8 Å². The number of carbonyl (C=O) groups is 2. The van der Waals surface area contributed by atoms with Gasteiger partial charge in [0.25, 0.3) is 5.91 Å². The van der Waals surface area contributed by atoms with Gasteiger partial charge < -0.3 is 20.1 Å². The molecule has 2 aromatic carbocycles. The molecule has 11 heteroatoms. The number of methoxy groups -OCH3 is 1. The molecule has 2 N–H and O–H groups in total. The summed E-state index contributed by atoms with van der Waals surface area (Å²) in [5, 5.41) is 14.3. The molecule has 2 amide bonds. The standard InChI is InChI=1S/C29H37FN6O4/c1-20(2)16-26-29(38)31-11-13-35(18-21-4-7-24(39-3)8-5-21)12-10-23-19-36(34-33-23)14-15-40-27-9-6-22(30)17-25(27)28(37)32-26/h4-9,17,19-20,26H,10-16,18H2,1-3H3,(H,31,38)(H,32,37)/t26-/m1/s1. The molecule has 2 bridgehead atoms. The summed E-state index contributed by atoms with van der Waals surface area (Å²) in [7, 11) is 1.64. The van der Waals surface area contributed by atoms with Crippen molar-refractivity contribution in [3.8, 4) is 11.5 Å². The van der Waals surface area contributed by atoms with Gasteiger partial charge in [-0.3, -0.25) is 14.5 Å². The van der Waals surface area contributed by atoms with E-state index in [4.69, 9.17) is 9.47 Å². The maximum atomic E-state index is 14.1. The van der Waals surface area contributed by atoms with Crippen molar-refractivity contribution in [3.05, 3.63) is 71.3 Å². The molecule has 2 heterocycles. The van der Waals surface area contributed by atoms with E-state index >= 15 is 0 Å². The minimum absolute atomic E-state index is 0.0348. The molecule has 0 spiro atoms. The highest BCUT2D eigenvalue weighted by Crippen LogP contribution is 2.21. The molecule has 1 aliphatic rings. The number of nitrogens with zero attached hydrogens (tertiary/aromatic N) is 4. The predicted molar refractivity (Wildman–Crippen MR) is 148 cm³/mol. The Balaban J connectivity index is 1.55. The van der Waals surface area contributed by atoms with Crippen LogP contribution in [0, 0.1) is 11.7 Å². The molecule has 1 atom stereocenters. The monoisotopic (exact) mass is 552 g/mol. The predicted octanol–water partition coefficient (Wildman–Crippen LogP) is 2.82. The van der Waals surface area contributed by atoms with Crippen molar-refractivity contribution in [2.75, 3.05) is 33.4 Å². The molecule has 40 heavy (non-hydrogen) atoms. The number of ether oxygens (including phenoxy) is 2. The van der Waals surface area contributed by atoms with Crippen LogP contribution in [0.4, 0.5) is 4.39 Å². The number of hydrogen-bond acceptors (Lipinski definition) is 7. The van der Waals surface area contributed by atoms with Crippen LogP contribution < -0.4 is 20.1 Å². The van der Waals surface area contributed by atoms with Crippen molar-refractivity contribution < 1.29 is 23.5 Å². The maximum Gasteiger partial charge on any atom is 0.255 e. The van der Waals surface area contributed by atoms with Crippen molar-refractivity contribution in [3.63, 3.8) is 0 Å². The largest absolute Gasteiger partial charge is 0.497 e. The van der Waals surface area contributed by atoms with Gasteiger partial charge in [0.05, 0.1) is 24.9 Å².